The lowest BCUT2D eigenvalue weighted by molar-refractivity contribution is -0.144. The van der Waals surface area contributed by atoms with Crippen molar-refractivity contribution >= 4 is 12.1 Å². The molecular formula is C8H11NO4. The molecule has 1 aliphatic carbocycles. The van der Waals surface area contributed by atoms with Gasteiger partial charge in [-0.25, -0.2) is 4.79 Å². The molecule has 1 saturated carbocycles. The highest BCUT2D eigenvalue weighted by Crippen LogP contribution is 2.29. The van der Waals surface area contributed by atoms with Crippen molar-refractivity contribution in [2.24, 2.45) is 5.92 Å². The van der Waals surface area contributed by atoms with Crippen molar-refractivity contribution in [3.05, 3.63) is 0 Å². The molecule has 3 unspecified atom stereocenters. The van der Waals surface area contributed by atoms with Crippen molar-refractivity contribution in [3.8, 4) is 0 Å². The molecule has 2 aliphatic rings. The van der Waals surface area contributed by atoms with Gasteiger partial charge in [-0.2, -0.15) is 0 Å². The maximum absolute atomic E-state index is 10.8. The maximum Gasteiger partial charge on any atom is 0.407 e. The lowest BCUT2D eigenvalue weighted by Gasteiger charge is -2.26. The minimum absolute atomic E-state index is 0.0306. The first-order valence-electron chi connectivity index (χ1n) is 4.37. The third-order valence-electron chi connectivity index (χ3n) is 2.70. The van der Waals surface area contributed by atoms with Crippen molar-refractivity contribution in [1.29, 1.82) is 0 Å². The molecule has 0 aromatic carbocycles. The summed E-state index contributed by atoms with van der Waals surface area (Å²) in [4.78, 5) is 21.5. The van der Waals surface area contributed by atoms with Gasteiger partial charge in [-0.05, 0) is 19.3 Å². The van der Waals surface area contributed by atoms with E-state index in [1.165, 1.54) is 0 Å². The van der Waals surface area contributed by atoms with E-state index in [2.05, 4.69) is 5.32 Å². The fourth-order valence-corrected chi connectivity index (χ4v) is 1.97. The number of ether oxygens (including phenoxy) is 1. The Kier molecular flexibility index (Phi) is 1.86. The zero-order valence-corrected chi connectivity index (χ0v) is 7.03. The predicted molar refractivity (Wildman–Crippen MR) is 42.2 cm³/mol. The Balaban J connectivity index is 2.01. The van der Waals surface area contributed by atoms with Gasteiger partial charge in [0.25, 0.3) is 0 Å². The van der Waals surface area contributed by atoms with E-state index in [-0.39, 0.29) is 18.1 Å². The van der Waals surface area contributed by atoms with E-state index >= 15 is 0 Å². The monoisotopic (exact) mass is 185 g/mol. The number of amides is 1. The van der Waals surface area contributed by atoms with Crippen molar-refractivity contribution in [3.63, 3.8) is 0 Å². The summed E-state index contributed by atoms with van der Waals surface area (Å²) in [5, 5.41) is 11.4. The molecular weight excluding hydrogens is 174 g/mol. The summed E-state index contributed by atoms with van der Waals surface area (Å²) >= 11 is 0. The number of carbonyl (C=O) groups is 2. The van der Waals surface area contributed by atoms with E-state index in [0.717, 1.165) is 0 Å². The number of nitrogens with one attached hydrogen (secondary N) is 1. The van der Waals surface area contributed by atoms with E-state index in [4.69, 9.17) is 9.84 Å². The second-order valence-electron chi connectivity index (χ2n) is 3.54. The van der Waals surface area contributed by atoms with Gasteiger partial charge in [-0.15, -0.1) is 0 Å². The van der Waals surface area contributed by atoms with E-state index < -0.39 is 12.1 Å². The first-order valence-corrected chi connectivity index (χ1v) is 4.37. The number of carboxylic acids is 1. The Labute approximate surface area is 75.1 Å². The Morgan fingerprint density at radius 3 is 3.00 bits per heavy atom. The number of carbonyl (C=O) groups excluding carboxylic acids is 1. The Hall–Kier alpha value is -1.26. The summed E-state index contributed by atoms with van der Waals surface area (Å²) in [5.74, 6) is -1.14. The standard InChI is InChI=1S/C8H11NO4/c10-7(11)4-1-2-5-6(3-4)13-8(12)9-5/h4-6H,1-3H2,(H,9,12)(H,10,11). The summed E-state index contributed by atoms with van der Waals surface area (Å²) in [6, 6.07) is 0.0306. The molecule has 72 valence electrons. The number of hydrogen-bond donors (Lipinski definition) is 2. The Morgan fingerprint density at radius 1 is 1.54 bits per heavy atom. The van der Waals surface area contributed by atoms with E-state index in [1.807, 2.05) is 0 Å². The Morgan fingerprint density at radius 2 is 2.31 bits per heavy atom. The van der Waals surface area contributed by atoms with E-state index in [9.17, 15) is 9.59 Å². The number of carboxylic acid groups (broad SMARTS) is 1. The summed E-state index contributed by atoms with van der Waals surface area (Å²) in [6.45, 7) is 0. The van der Waals surface area contributed by atoms with E-state index in [0.29, 0.717) is 19.3 Å². The van der Waals surface area contributed by atoms with Crippen LogP contribution in [0.25, 0.3) is 0 Å². The first kappa shape index (κ1) is 8.34. The molecule has 0 aromatic rings. The number of aliphatic carboxylic acids is 1. The molecule has 3 atom stereocenters. The molecule has 2 N–H and O–H groups in total. The summed E-state index contributed by atoms with van der Waals surface area (Å²) in [5.41, 5.74) is 0. The van der Waals surface area contributed by atoms with Gasteiger partial charge in [-0.3, -0.25) is 4.79 Å². The lowest BCUT2D eigenvalue weighted by atomic mass is 9.84. The highest BCUT2D eigenvalue weighted by Gasteiger charge is 2.41. The third kappa shape index (κ3) is 1.46. The zero-order valence-electron chi connectivity index (χ0n) is 7.03. The molecule has 13 heavy (non-hydrogen) atoms. The normalized spacial score (nSPS) is 37.5. The van der Waals surface area contributed by atoms with Gasteiger partial charge in [0.2, 0.25) is 0 Å². The second kappa shape index (κ2) is 2.90. The van der Waals surface area contributed by atoms with Crippen LogP contribution >= 0.6 is 0 Å². The predicted octanol–water partition coefficient (Wildman–Crippen LogP) is 0.348. The van der Waals surface area contributed by atoms with Gasteiger partial charge in [0, 0.05) is 0 Å². The van der Waals surface area contributed by atoms with Crippen LogP contribution in [-0.2, 0) is 9.53 Å². The van der Waals surface area contributed by atoms with Crippen molar-refractivity contribution < 1.29 is 19.4 Å². The lowest BCUT2D eigenvalue weighted by Crippen LogP contribution is -2.38. The van der Waals surface area contributed by atoms with Gasteiger partial charge >= 0.3 is 12.1 Å². The number of hydrogen-bond acceptors (Lipinski definition) is 3. The van der Waals surface area contributed by atoms with Crippen LogP contribution in [0.3, 0.4) is 0 Å². The van der Waals surface area contributed by atoms with Crippen LogP contribution in [-0.4, -0.2) is 29.3 Å². The second-order valence-corrected chi connectivity index (χ2v) is 3.54. The first-order chi connectivity index (χ1) is 6.16. The molecule has 0 radical (unpaired) electrons. The smallest absolute Gasteiger partial charge is 0.407 e. The van der Waals surface area contributed by atoms with Crippen LogP contribution in [0.5, 0.6) is 0 Å². The molecule has 0 aromatic heterocycles. The van der Waals surface area contributed by atoms with E-state index in [1.54, 1.807) is 0 Å². The highest BCUT2D eigenvalue weighted by molar-refractivity contribution is 5.72. The summed E-state index contributed by atoms with van der Waals surface area (Å²) in [7, 11) is 0. The average molecular weight is 185 g/mol. The molecule has 1 heterocycles. The van der Waals surface area contributed by atoms with Crippen LogP contribution in [0.15, 0.2) is 0 Å². The van der Waals surface area contributed by atoms with Gasteiger partial charge in [0.15, 0.2) is 0 Å². The van der Waals surface area contributed by atoms with Crippen molar-refractivity contribution in [1.82, 2.24) is 5.32 Å². The molecule has 0 bridgehead atoms. The number of rotatable bonds is 1. The van der Waals surface area contributed by atoms with Crippen molar-refractivity contribution in [2.45, 2.75) is 31.4 Å². The zero-order chi connectivity index (χ0) is 9.42. The molecule has 5 heteroatoms. The van der Waals surface area contributed by atoms with Gasteiger partial charge in [0.1, 0.15) is 6.10 Å². The minimum atomic E-state index is -0.790. The van der Waals surface area contributed by atoms with Crippen LogP contribution in [0, 0.1) is 5.92 Å². The average Bonchev–Trinajstić information content (AvgIpc) is 2.42. The van der Waals surface area contributed by atoms with Gasteiger partial charge in [0.05, 0.1) is 12.0 Å². The molecule has 0 spiro atoms. The summed E-state index contributed by atoms with van der Waals surface area (Å²) in [6.07, 6.45) is 1.12. The minimum Gasteiger partial charge on any atom is -0.481 e. The van der Waals surface area contributed by atoms with Gasteiger partial charge in [-0.1, -0.05) is 0 Å². The van der Waals surface area contributed by atoms with Crippen LogP contribution in [0.2, 0.25) is 0 Å². The summed E-state index contributed by atoms with van der Waals surface area (Å²) < 4.78 is 4.93. The van der Waals surface area contributed by atoms with Crippen molar-refractivity contribution in [2.75, 3.05) is 0 Å². The van der Waals surface area contributed by atoms with Crippen LogP contribution in [0.1, 0.15) is 19.3 Å². The molecule has 2 fully saturated rings. The molecule has 2 rings (SSSR count). The van der Waals surface area contributed by atoms with Crippen LogP contribution in [0.4, 0.5) is 4.79 Å². The molecule has 5 nitrogen and oxygen atoms in total. The number of alkyl carbamates (subject to hydrolysis) is 1. The van der Waals surface area contributed by atoms with Crippen LogP contribution < -0.4 is 5.32 Å². The fourth-order valence-electron chi connectivity index (χ4n) is 1.97. The van der Waals surface area contributed by atoms with Gasteiger partial charge < -0.3 is 15.2 Å². The Bertz CT molecular complexity index is 253. The third-order valence-corrected chi connectivity index (χ3v) is 2.70. The number of fused-ring (bicyclic) bond motifs is 1. The molecule has 1 aliphatic heterocycles. The molecule has 1 amide bonds. The maximum atomic E-state index is 10.8. The topological polar surface area (TPSA) is 75.6 Å². The quantitative estimate of drug-likeness (QED) is 0.618. The molecule has 1 saturated heterocycles. The SMILES string of the molecule is O=C1NC2CCC(C(=O)O)CC2O1. The highest BCUT2D eigenvalue weighted by atomic mass is 16.6. The fraction of sp³-hybridized carbons (Fsp3) is 0.750. The largest absolute Gasteiger partial charge is 0.481 e.